The topological polar surface area (TPSA) is 125 Å². The van der Waals surface area contributed by atoms with Gasteiger partial charge in [0.25, 0.3) is 5.91 Å². The Hall–Kier alpha value is -4.77. The average Bonchev–Trinajstić information content (AvgIpc) is 3.80. The van der Waals surface area contributed by atoms with E-state index in [2.05, 4.69) is 18.5 Å². The molecule has 10 nitrogen and oxygen atoms in total. The van der Waals surface area contributed by atoms with Crippen LogP contribution in [0.2, 0.25) is 5.02 Å². The summed E-state index contributed by atoms with van der Waals surface area (Å²) in [6.45, 7) is 7.07. The summed E-state index contributed by atoms with van der Waals surface area (Å²) in [5.41, 5.74) is 0.573. The van der Waals surface area contributed by atoms with Crippen molar-refractivity contribution in [3.63, 3.8) is 0 Å². The number of fused-ring (bicyclic) bond motifs is 1. The lowest BCUT2D eigenvalue weighted by atomic mass is 9.70. The molecule has 3 amide bonds. The largest absolute Gasteiger partial charge is 0.463 e. The van der Waals surface area contributed by atoms with Crippen LogP contribution in [0.25, 0.3) is 0 Å². The monoisotopic (exact) mass is 711 g/mol. The van der Waals surface area contributed by atoms with Crippen LogP contribution in [0, 0.1) is 11.8 Å². The molecule has 0 aromatic heterocycles. The lowest BCUT2D eigenvalue weighted by Crippen LogP contribution is -2.57. The first kappa shape index (κ1) is 36.0. The van der Waals surface area contributed by atoms with Gasteiger partial charge in [-0.1, -0.05) is 84.4 Å². The zero-order valence-corrected chi connectivity index (χ0v) is 29.0. The summed E-state index contributed by atoms with van der Waals surface area (Å²) in [7, 11) is 0. The Kier molecular flexibility index (Phi) is 11.0. The number of amides is 3. The SMILES string of the molecule is C=CCCC(=O)OC[C@@H](NC(=O)[C@@H]1[C@H]2C(=O)N([C@H](CO)c3ccccc3)[C@H](C(=O)N(CC=C)c3ccc(Cl)cc3)[C@]23CC[C@H]1O3)c1ccccc1. The van der Waals surface area contributed by atoms with E-state index in [9.17, 15) is 24.3 Å². The molecular formula is C40H42ClN3O7. The number of allylic oxidation sites excluding steroid dienone is 1. The molecule has 3 heterocycles. The zero-order chi connectivity index (χ0) is 36.1. The highest BCUT2D eigenvalue weighted by Gasteiger charge is 2.75. The van der Waals surface area contributed by atoms with E-state index < -0.39 is 72.0 Å². The van der Waals surface area contributed by atoms with Crippen LogP contribution in [0.5, 0.6) is 0 Å². The van der Waals surface area contributed by atoms with E-state index in [0.29, 0.717) is 35.5 Å². The molecule has 3 fully saturated rings. The summed E-state index contributed by atoms with van der Waals surface area (Å²) >= 11 is 6.18. The quantitative estimate of drug-likeness (QED) is 0.161. The van der Waals surface area contributed by atoms with Crippen molar-refractivity contribution in [3.05, 3.63) is 126 Å². The summed E-state index contributed by atoms with van der Waals surface area (Å²) in [6.07, 6.45) is 4.04. The maximum Gasteiger partial charge on any atom is 0.306 e. The Balaban J connectivity index is 1.37. The van der Waals surface area contributed by atoms with Gasteiger partial charge in [0.15, 0.2) is 0 Å². The number of hydrogen-bond donors (Lipinski definition) is 2. The molecule has 6 rings (SSSR count). The predicted molar refractivity (Wildman–Crippen MR) is 192 cm³/mol. The van der Waals surface area contributed by atoms with E-state index in [1.807, 2.05) is 36.4 Å². The molecule has 2 bridgehead atoms. The standard InChI is InChI=1S/C40H42ClN3O7/c1-3-5-16-33(46)50-25-30(26-12-8-6-9-13-26)42-37(47)34-32-21-22-40(51-32)35(34)38(48)44(31(24-45)27-14-10-7-11-15-27)36(40)39(49)43(23-4-2)29-19-17-28(41)18-20-29/h3-4,6-15,17-20,30-32,34-36,45H,1-2,5,16,21-25H2,(H,42,47)/t30-,31-,32-,34+,35+,36-,40+/m1/s1. The highest BCUT2D eigenvalue weighted by molar-refractivity contribution is 6.30. The van der Waals surface area contributed by atoms with Crippen molar-refractivity contribution >= 4 is 41.0 Å². The number of halogens is 1. The number of nitrogens with zero attached hydrogens (tertiary/aromatic N) is 2. The van der Waals surface area contributed by atoms with Gasteiger partial charge < -0.3 is 29.7 Å². The van der Waals surface area contributed by atoms with Gasteiger partial charge >= 0.3 is 5.97 Å². The lowest BCUT2D eigenvalue weighted by molar-refractivity contribution is -0.146. The van der Waals surface area contributed by atoms with Crippen LogP contribution >= 0.6 is 11.6 Å². The van der Waals surface area contributed by atoms with Crippen LogP contribution in [-0.2, 0) is 28.7 Å². The van der Waals surface area contributed by atoms with Crippen molar-refractivity contribution in [2.75, 3.05) is 24.7 Å². The second-order valence-electron chi connectivity index (χ2n) is 13.1. The average molecular weight is 712 g/mol. The van der Waals surface area contributed by atoms with E-state index in [1.54, 1.807) is 60.7 Å². The fourth-order valence-electron chi connectivity index (χ4n) is 7.90. The molecule has 0 radical (unpaired) electrons. The number of carbonyl (C=O) groups is 4. The van der Waals surface area contributed by atoms with Crippen molar-refractivity contribution in [2.24, 2.45) is 11.8 Å². The number of benzene rings is 3. The lowest BCUT2D eigenvalue weighted by Gasteiger charge is -2.39. The van der Waals surface area contributed by atoms with Gasteiger partial charge in [-0.15, -0.1) is 13.2 Å². The molecule has 0 aliphatic carbocycles. The van der Waals surface area contributed by atoms with Gasteiger partial charge in [-0.2, -0.15) is 0 Å². The third-order valence-corrected chi connectivity index (χ3v) is 10.4. The summed E-state index contributed by atoms with van der Waals surface area (Å²) in [5, 5.41) is 14.4. The second-order valence-corrected chi connectivity index (χ2v) is 13.5. The summed E-state index contributed by atoms with van der Waals surface area (Å²) in [4.78, 5) is 59.6. The Morgan fingerprint density at radius 2 is 1.69 bits per heavy atom. The van der Waals surface area contributed by atoms with E-state index in [-0.39, 0.29) is 19.6 Å². The van der Waals surface area contributed by atoms with Crippen molar-refractivity contribution < 1.29 is 33.8 Å². The third-order valence-electron chi connectivity index (χ3n) is 10.2. The van der Waals surface area contributed by atoms with Crippen LogP contribution in [0.1, 0.15) is 48.9 Å². The number of anilines is 1. The Morgan fingerprint density at radius 3 is 2.31 bits per heavy atom. The van der Waals surface area contributed by atoms with E-state index in [4.69, 9.17) is 21.1 Å². The highest BCUT2D eigenvalue weighted by atomic mass is 35.5. The molecule has 266 valence electrons. The zero-order valence-electron chi connectivity index (χ0n) is 28.2. The van der Waals surface area contributed by atoms with Crippen LogP contribution in [-0.4, -0.2) is 71.2 Å². The number of nitrogens with one attached hydrogen (secondary N) is 1. The van der Waals surface area contributed by atoms with E-state index in [0.717, 1.165) is 5.56 Å². The number of ether oxygens (including phenoxy) is 2. The summed E-state index contributed by atoms with van der Waals surface area (Å²) in [5.74, 6) is -3.67. The van der Waals surface area contributed by atoms with E-state index in [1.165, 1.54) is 9.80 Å². The molecule has 0 saturated carbocycles. The molecule has 11 heteroatoms. The number of carbonyl (C=O) groups excluding carboxylic acids is 4. The first-order chi connectivity index (χ1) is 24.7. The molecule has 7 atom stereocenters. The van der Waals surface area contributed by atoms with Gasteiger partial charge in [-0.05, 0) is 54.7 Å². The number of hydrogen-bond acceptors (Lipinski definition) is 7. The number of rotatable bonds is 15. The minimum Gasteiger partial charge on any atom is -0.463 e. The minimum atomic E-state index is -1.34. The van der Waals surface area contributed by atoms with Gasteiger partial charge in [-0.3, -0.25) is 19.2 Å². The van der Waals surface area contributed by atoms with Crippen molar-refractivity contribution in [2.45, 2.75) is 55.5 Å². The normalized spacial score (nSPS) is 24.4. The molecule has 3 aliphatic heterocycles. The summed E-state index contributed by atoms with van der Waals surface area (Å²) < 4.78 is 12.3. The van der Waals surface area contributed by atoms with Crippen molar-refractivity contribution in [1.82, 2.24) is 10.2 Å². The van der Waals surface area contributed by atoms with Gasteiger partial charge in [0.2, 0.25) is 11.8 Å². The van der Waals surface area contributed by atoms with Crippen LogP contribution in [0.3, 0.4) is 0 Å². The number of aliphatic hydroxyl groups is 1. The smallest absolute Gasteiger partial charge is 0.306 e. The third kappa shape index (κ3) is 6.96. The highest BCUT2D eigenvalue weighted by Crippen LogP contribution is 2.60. The molecule has 3 aromatic carbocycles. The molecule has 51 heavy (non-hydrogen) atoms. The Labute approximate surface area is 302 Å². The molecule has 1 spiro atoms. The molecule has 3 aromatic rings. The fourth-order valence-corrected chi connectivity index (χ4v) is 8.03. The molecule has 3 aliphatic rings. The number of esters is 1. The molecule has 3 saturated heterocycles. The Bertz CT molecular complexity index is 1750. The van der Waals surface area contributed by atoms with Crippen molar-refractivity contribution in [3.8, 4) is 0 Å². The molecular weight excluding hydrogens is 670 g/mol. The van der Waals surface area contributed by atoms with E-state index >= 15 is 0 Å². The minimum absolute atomic E-state index is 0.112. The van der Waals surface area contributed by atoms with Crippen LogP contribution in [0.4, 0.5) is 5.69 Å². The van der Waals surface area contributed by atoms with Crippen LogP contribution < -0.4 is 10.2 Å². The molecule has 2 N–H and O–H groups in total. The molecule has 0 unspecified atom stereocenters. The number of likely N-dealkylation sites (tertiary alicyclic amines) is 1. The first-order valence-corrected chi connectivity index (χ1v) is 17.6. The fraction of sp³-hybridized carbons (Fsp3) is 0.350. The second kappa shape index (κ2) is 15.6. The Morgan fingerprint density at radius 1 is 1.02 bits per heavy atom. The van der Waals surface area contributed by atoms with Gasteiger partial charge in [-0.25, -0.2) is 0 Å². The maximum absolute atomic E-state index is 15.0. The maximum atomic E-state index is 15.0. The number of aliphatic hydroxyl groups excluding tert-OH is 1. The summed E-state index contributed by atoms with van der Waals surface area (Å²) in [6, 6.07) is 22.2. The van der Waals surface area contributed by atoms with Crippen LogP contribution in [0.15, 0.2) is 110 Å². The predicted octanol–water partition coefficient (Wildman–Crippen LogP) is 5.33. The van der Waals surface area contributed by atoms with Gasteiger partial charge in [0.05, 0.1) is 36.6 Å². The first-order valence-electron chi connectivity index (χ1n) is 17.2. The van der Waals surface area contributed by atoms with Crippen molar-refractivity contribution in [1.29, 1.82) is 0 Å². The van der Waals surface area contributed by atoms with Gasteiger partial charge in [0, 0.05) is 23.7 Å². The van der Waals surface area contributed by atoms with Gasteiger partial charge in [0.1, 0.15) is 18.2 Å².